The minimum Gasteiger partial charge on any atom is -0.480 e. The van der Waals surface area contributed by atoms with Crippen LogP contribution in [0.2, 0.25) is 0 Å². The number of aromatic nitrogens is 3. The molecule has 2 aromatic rings. The molecule has 8 nitrogen and oxygen atoms in total. The zero-order valence-corrected chi connectivity index (χ0v) is 11.8. The first-order chi connectivity index (χ1) is 9.97. The minimum atomic E-state index is -3.70. The van der Waals surface area contributed by atoms with Gasteiger partial charge in [-0.3, -0.25) is 14.5 Å². The Balaban J connectivity index is 1.95. The molecule has 2 aromatic heterocycles. The van der Waals surface area contributed by atoms with Gasteiger partial charge in [0.05, 0.1) is 6.20 Å². The van der Waals surface area contributed by atoms with Gasteiger partial charge in [0, 0.05) is 31.1 Å². The second kappa shape index (κ2) is 6.46. The van der Waals surface area contributed by atoms with E-state index in [0.717, 1.165) is 16.6 Å². The van der Waals surface area contributed by atoms with Gasteiger partial charge in [-0.2, -0.15) is 5.10 Å². The highest BCUT2D eigenvalue weighted by molar-refractivity contribution is 7.89. The van der Waals surface area contributed by atoms with E-state index in [1.54, 1.807) is 18.3 Å². The summed E-state index contributed by atoms with van der Waals surface area (Å²) in [5.41, 5.74) is 0.779. The Morgan fingerprint density at radius 3 is 2.86 bits per heavy atom. The highest BCUT2D eigenvalue weighted by Crippen LogP contribution is 2.07. The first kappa shape index (κ1) is 15.1. The number of carboxylic acids is 1. The number of pyridine rings is 1. The lowest BCUT2D eigenvalue weighted by atomic mass is 10.3. The Morgan fingerprint density at radius 1 is 1.38 bits per heavy atom. The van der Waals surface area contributed by atoms with Gasteiger partial charge in [-0.15, -0.1) is 0 Å². The fourth-order valence-electron chi connectivity index (χ4n) is 1.65. The second-order valence-corrected chi connectivity index (χ2v) is 6.00. The third-order valence-corrected chi connectivity index (χ3v) is 4.03. The van der Waals surface area contributed by atoms with Crippen molar-refractivity contribution in [2.45, 2.75) is 17.9 Å². The molecule has 0 aliphatic carbocycles. The molecule has 0 spiro atoms. The largest absolute Gasteiger partial charge is 0.480 e. The van der Waals surface area contributed by atoms with Crippen LogP contribution in [-0.2, 0) is 27.8 Å². The van der Waals surface area contributed by atoms with E-state index in [1.807, 2.05) is 6.07 Å². The topological polar surface area (TPSA) is 114 Å². The summed E-state index contributed by atoms with van der Waals surface area (Å²) in [6.07, 6.45) is 4.40. The monoisotopic (exact) mass is 310 g/mol. The molecule has 0 aliphatic rings. The molecule has 0 aliphatic heterocycles. The normalized spacial score (nSPS) is 11.4. The van der Waals surface area contributed by atoms with Crippen molar-refractivity contribution >= 4 is 16.0 Å². The highest BCUT2D eigenvalue weighted by atomic mass is 32.2. The lowest BCUT2D eigenvalue weighted by Crippen LogP contribution is -2.26. The van der Waals surface area contributed by atoms with Crippen LogP contribution in [0.4, 0.5) is 0 Å². The number of nitrogens with one attached hydrogen (secondary N) is 1. The summed E-state index contributed by atoms with van der Waals surface area (Å²) in [5, 5.41) is 12.3. The summed E-state index contributed by atoms with van der Waals surface area (Å²) in [5.74, 6) is -1.09. The van der Waals surface area contributed by atoms with Crippen molar-refractivity contribution in [3.63, 3.8) is 0 Å². The summed E-state index contributed by atoms with van der Waals surface area (Å²) >= 11 is 0. The van der Waals surface area contributed by atoms with E-state index < -0.39 is 16.0 Å². The zero-order valence-electron chi connectivity index (χ0n) is 11.0. The van der Waals surface area contributed by atoms with Crippen molar-refractivity contribution in [1.82, 2.24) is 19.5 Å². The molecule has 21 heavy (non-hydrogen) atoms. The van der Waals surface area contributed by atoms with E-state index >= 15 is 0 Å². The summed E-state index contributed by atoms with van der Waals surface area (Å²) < 4.78 is 27.5. The molecule has 0 unspecified atom stereocenters. The molecular formula is C12H14N4O4S. The Morgan fingerprint density at radius 2 is 2.19 bits per heavy atom. The van der Waals surface area contributed by atoms with E-state index in [4.69, 9.17) is 5.11 Å². The standard InChI is InChI=1S/C12H14N4O4S/c17-12(18)9-16-8-11(7-14-16)21(19,20)15-6-4-10-3-1-2-5-13-10/h1-3,5,7-8,15H,4,6,9H2,(H,17,18). The lowest BCUT2D eigenvalue weighted by molar-refractivity contribution is -0.137. The van der Waals surface area contributed by atoms with E-state index in [0.29, 0.717) is 6.42 Å². The Labute approximate surface area is 121 Å². The summed E-state index contributed by atoms with van der Waals surface area (Å²) in [6.45, 7) is -0.188. The predicted molar refractivity (Wildman–Crippen MR) is 73.0 cm³/mol. The molecule has 0 saturated carbocycles. The van der Waals surface area contributed by atoms with Crippen LogP contribution in [0.3, 0.4) is 0 Å². The third kappa shape index (κ3) is 4.36. The number of carbonyl (C=O) groups is 1. The molecule has 0 aromatic carbocycles. The van der Waals surface area contributed by atoms with Gasteiger partial charge in [0.2, 0.25) is 10.0 Å². The molecule has 2 heterocycles. The van der Waals surface area contributed by atoms with Gasteiger partial charge in [0.1, 0.15) is 11.4 Å². The summed E-state index contributed by atoms with van der Waals surface area (Å²) in [4.78, 5) is 14.5. The number of hydrogen-bond acceptors (Lipinski definition) is 5. The number of sulfonamides is 1. The predicted octanol–water partition coefficient (Wildman–Crippen LogP) is -0.116. The Hall–Kier alpha value is -2.26. The van der Waals surface area contributed by atoms with Crippen molar-refractivity contribution in [1.29, 1.82) is 0 Å². The van der Waals surface area contributed by atoms with Gasteiger partial charge in [0.25, 0.3) is 0 Å². The molecular weight excluding hydrogens is 296 g/mol. The zero-order chi connectivity index (χ0) is 15.3. The van der Waals surface area contributed by atoms with Crippen LogP contribution in [0.5, 0.6) is 0 Å². The maximum absolute atomic E-state index is 12.0. The van der Waals surface area contributed by atoms with Crippen molar-refractivity contribution in [3.05, 3.63) is 42.5 Å². The maximum Gasteiger partial charge on any atom is 0.325 e. The number of aliphatic carboxylic acids is 1. The van der Waals surface area contributed by atoms with Crippen LogP contribution in [0.1, 0.15) is 5.69 Å². The van der Waals surface area contributed by atoms with Crippen LogP contribution >= 0.6 is 0 Å². The second-order valence-electron chi connectivity index (χ2n) is 4.24. The van der Waals surface area contributed by atoms with Crippen LogP contribution in [0.15, 0.2) is 41.7 Å². The van der Waals surface area contributed by atoms with Crippen molar-refractivity contribution < 1.29 is 18.3 Å². The molecule has 0 bridgehead atoms. The molecule has 0 saturated heterocycles. The first-order valence-electron chi connectivity index (χ1n) is 6.11. The van der Waals surface area contributed by atoms with E-state index in [9.17, 15) is 13.2 Å². The lowest BCUT2D eigenvalue weighted by Gasteiger charge is -2.04. The smallest absolute Gasteiger partial charge is 0.325 e. The van der Waals surface area contributed by atoms with E-state index in [1.165, 1.54) is 6.20 Å². The Kier molecular flexibility index (Phi) is 4.66. The van der Waals surface area contributed by atoms with E-state index in [-0.39, 0.29) is 18.0 Å². The van der Waals surface area contributed by atoms with Crippen LogP contribution in [-0.4, -0.2) is 40.8 Å². The average Bonchev–Trinajstić information content (AvgIpc) is 2.88. The molecule has 0 atom stereocenters. The fourth-order valence-corrected chi connectivity index (χ4v) is 2.64. The van der Waals surface area contributed by atoms with Crippen LogP contribution in [0, 0.1) is 0 Å². The van der Waals surface area contributed by atoms with Gasteiger partial charge in [-0.25, -0.2) is 13.1 Å². The average molecular weight is 310 g/mol. The quantitative estimate of drug-likeness (QED) is 0.737. The fraction of sp³-hybridized carbons (Fsp3) is 0.250. The molecule has 0 amide bonds. The van der Waals surface area contributed by atoms with Gasteiger partial charge in [-0.05, 0) is 12.1 Å². The Bertz CT molecular complexity index is 712. The van der Waals surface area contributed by atoms with Gasteiger partial charge >= 0.3 is 5.97 Å². The molecule has 2 N–H and O–H groups in total. The number of rotatable bonds is 7. The molecule has 112 valence electrons. The SMILES string of the molecule is O=C(O)Cn1cc(S(=O)(=O)NCCc2ccccn2)cn1. The van der Waals surface area contributed by atoms with E-state index in [2.05, 4.69) is 14.8 Å². The van der Waals surface area contributed by atoms with Crippen molar-refractivity contribution in [3.8, 4) is 0 Å². The van der Waals surface area contributed by atoms with Crippen molar-refractivity contribution in [2.75, 3.05) is 6.54 Å². The molecule has 0 fully saturated rings. The molecule has 9 heteroatoms. The summed E-state index contributed by atoms with van der Waals surface area (Å²) in [6, 6.07) is 5.41. The van der Waals surface area contributed by atoms with Crippen LogP contribution in [0.25, 0.3) is 0 Å². The van der Waals surface area contributed by atoms with Crippen LogP contribution < -0.4 is 4.72 Å². The minimum absolute atomic E-state index is 0.0650. The number of hydrogen-bond donors (Lipinski definition) is 2. The maximum atomic E-state index is 12.0. The van der Waals surface area contributed by atoms with Gasteiger partial charge < -0.3 is 5.11 Å². The van der Waals surface area contributed by atoms with Crippen molar-refractivity contribution in [2.24, 2.45) is 0 Å². The van der Waals surface area contributed by atoms with Gasteiger partial charge in [0.15, 0.2) is 0 Å². The summed E-state index contributed by atoms with van der Waals surface area (Å²) in [7, 11) is -3.70. The number of nitrogens with zero attached hydrogens (tertiary/aromatic N) is 3. The highest BCUT2D eigenvalue weighted by Gasteiger charge is 2.16. The number of carboxylic acid groups (broad SMARTS) is 1. The molecule has 0 radical (unpaired) electrons. The molecule has 2 rings (SSSR count). The van der Waals surface area contributed by atoms with Gasteiger partial charge in [-0.1, -0.05) is 6.07 Å². The third-order valence-electron chi connectivity index (χ3n) is 2.62. The first-order valence-corrected chi connectivity index (χ1v) is 7.59.